The number of carbonyl (C=O) groups excluding carboxylic acids is 1. The first kappa shape index (κ1) is 11.8. The zero-order chi connectivity index (χ0) is 10.4. The first-order valence-corrected chi connectivity index (χ1v) is 5.79. The number of amides is 1. The van der Waals surface area contributed by atoms with Crippen molar-refractivity contribution in [3.05, 3.63) is 0 Å². The molecule has 1 atom stereocenters. The lowest BCUT2D eigenvalue weighted by atomic mass is 10.1. The quantitative estimate of drug-likeness (QED) is 0.720. The van der Waals surface area contributed by atoms with Crippen LogP contribution in [0.15, 0.2) is 0 Å². The predicted octanol–water partition coefficient (Wildman–Crippen LogP) is 1.22. The van der Waals surface area contributed by atoms with Crippen molar-refractivity contribution in [3.63, 3.8) is 0 Å². The molecular weight excluding hydrogens is 200 g/mol. The van der Waals surface area contributed by atoms with E-state index < -0.39 is 0 Å². The van der Waals surface area contributed by atoms with Crippen LogP contribution in [0.4, 0.5) is 0 Å². The van der Waals surface area contributed by atoms with Gasteiger partial charge in [-0.25, -0.2) is 0 Å². The SMILES string of the molecule is CN1CCCC(NC(=O)CCCCl)C1. The van der Waals surface area contributed by atoms with Gasteiger partial charge in [-0.2, -0.15) is 0 Å². The Bertz CT molecular complexity index is 187. The molecule has 0 aromatic heterocycles. The number of hydrogen-bond acceptors (Lipinski definition) is 2. The van der Waals surface area contributed by atoms with Gasteiger partial charge in [-0.3, -0.25) is 4.79 Å². The molecule has 0 aromatic rings. The average Bonchev–Trinajstić information content (AvgIpc) is 2.15. The maximum Gasteiger partial charge on any atom is 0.220 e. The van der Waals surface area contributed by atoms with Gasteiger partial charge < -0.3 is 10.2 Å². The molecule has 0 aliphatic carbocycles. The minimum Gasteiger partial charge on any atom is -0.352 e. The summed E-state index contributed by atoms with van der Waals surface area (Å²) < 4.78 is 0. The molecule has 1 fully saturated rings. The third-order valence-electron chi connectivity index (χ3n) is 2.53. The highest BCUT2D eigenvalue weighted by Gasteiger charge is 2.18. The largest absolute Gasteiger partial charge is 0.352 e. The molecule has 0 bridgehead atoms. The molecule has 0 spiro atoms. The highest BCUT2D eigenvalue weighted by molar-refractivity contribution is 6.17. The second-order valence-corrected chi connectivity index (χ2v) is 4.34. The zero-order valence-corrected chi connectivity index (χ0v) is 9.52. The average molecular weight is 219 g/mol. The molecule has 14 heavy (non-hydrogen) atoms. The van der Waals surface area contributed by atoms with Crippen molar-refractivity contribution < 1.29 is 4.79 Å². The minimum absolute atomic E-state index is 0.144. The molecule has 82 valence electrons. The van der Waals surface area contributed by atoms with E-state index in [-0.39, 0.29) is 5.91 Å². The van der Waals surface area contributed by atoms with Crippen LogP contribution in [-0.4, -0.2) is 42.9 Å². The summed E-state index contributed by atoms with van der Waals surface area (Å²) in [7, 11) is 2.09. The van der Waals surface area contributed by atoms with E-state index >= 15 is 0 Å². The van der Waals surface area contributed by atoms with Crippen LogP contribution in [-0.2, 0) is 4.79 Å². The monoisotopic (exact) mass is 218 g/mol. The van der Waals surface area contributed by atoms with Gasteiger partial charge in [0.2, 0.25) is 5.91 Å². The Labute approximate surface area is 90.8 Å². The van der Waals surface area contributed by atoms with E-state index in [1.807, 2.05) is 0 Å². The van der Waals surface area contributed by atoms with Gasteiger partial charge in [-0.1, -0.05) is 0 Å². The van der Waals surface area contributed by atoms with Gasteiger partial charge >= 0.3 is 0 Å². The maximum absolute atomic E-state index is 11.4. The Kier molecular flexibility index (Phi) is 5.26. The molecule has 3 nitrogen and oxygen atoms in total. The van der Waals surface area contributed by atoms with Crippen molar-refractivity contribution in [2.75, 3.05) is 26.0 Å². The summed E-state index contributed by atoms with van der Waals surface area (Å²) in [6.45, 7) is 2.13. The molecule has 1 unspecified atom stereocenters. The third kappa shape index (κ3) is 4.29. The summed E-state index contributed by atoms with van der Waals surface area (Å²) in [6.07, 6.45) is 3.62. The number of rotatable bonds is 4. The van der Waals surface area contributed by atoms with Crippen molar-refractivity contribution in [1.82, 2.24) is 10.2 Å². The van der Waals surface area contributed by atoms with Gasteiger partial charge in [0.1, 0.15) is 0 Å². The molecule has 0 saturated carbocycles. The Hall–Kier alpha value is -0.280. The number of halogens is 1. The highest BCUT2D eigenvalue weighted by Crippen LogP contribution is 2.08. The number of piperidine rings is 1. The fourth-order valence-electron chi connectivity index (χ4n) is 1.81. The molecule has 1 aliphatic rings. The van der Waals surface area contributed by atoms with Crippen LogP contribution in [0, 0.1) is 0 Å². The molecule has 4 heteroatoms. The Morgan fingerprint density at radius 2 is 2.43 bits per heavy atom. The van der Waals surface area contributed by atoms with Crippen molar-refractivity contribution in [3.8, 4) is 0 Å². The van der Waals surface area contributed by atoms with E-state index in [9.17, 15) is 4.79 Å². The van der Waals surface area contributed by atoms with Crippen molar-refractivity contribution in [2.24, 2.45) is 0 Å². The van der Waals surface area contributed by atoms with Crippen LogP contribution < -0.4 is 5.32 Å². The van der Waals surface area contributed by atoms with E-state index in [0.29, 0.717) is 18.3 Å². The van der Waals surface area contributed by atoms with E-state index in [2.05, 4.69) is 17.3 Å². The summed E-state index contributed by atoms with van der Waals surface area (Å²) in [5.74, 6) is 0.712. The zero-order valence-electron chi connectivity index (χ0n) is 8.76. The Morgan fingerprint density at radius 3 is 3.07 bits per heavy atom. The highest BCUT2D eigenvalue weighted by atomic mass is 35.5. The Morgan fingerprint density at radius 1 is 1.64 bits per heavy atom. The Balaban J connectivity index is 2.18. The topological polar surface area (TPSA) is 32.3 Å². The first-order valence-electron chi connectivity index (χ1n) is 5.26. The lowest BCUT2D eigenvalue weighted by molar-refractivity contribution is -0.122. The summed E-state index contributed by atoms with van der Waals surface area (Å²) in [4.78, 5) is 13.6. The second-order valence-electron chi connectivity index (χ2n) is 3.96. The van der Waals surface area contributed by atoms with Crippen LogP contribution in [0.2, 0.25) is 0 Å². The number of carbonyl (C=O) groups is 1. The lowest BCUT2D eigenvalue weighted by Crippen LogP contribution is -2.46. The summed E-state index contributed by atoms with van der Waals surface area (Å²) in [6, 6.07) is 0.344. The summed E-state index contributed by atoms with van der Waals surface area (Å²) in [5, 5.41) is 3.04. The smallest absolute Gasteiger partial charge is 0.220 e. The van der Waals surface area contributed by atoms with Crippen LogP contribution in [0.1, 0.15) is 25.7 Å². The molecule has 1 amide bonds. The molecule has 1 N–H and O–H groups in total. The van der Waals surface area contributed by atoms with Crippen LogP contribution in [0.5, 0.6) is 0 Å². The molecule has 0 radical (unpaired) electrons. The standard InChI is InChI=1S/C10H19ClN2O/c1-13-7-3-4-9(8-13)12-10(14)5-2-6-11/h9H,2-8H2,1H3,(H,12,14). The number of nitrogens with zero attached hydrogens (tertiary/aromatic N) is 1. The van der Waals surface area contributed by atoms with Gasteiger partial charge in [0.15, 0.2) is 0 Å². The van der Waals surface area contributed by atoms with Crippen LogP contribution in [0.3, 0.4) is 0 Å². The van der Waals surface area contributed by atoms with Gasteiger partial charge in [0.25, 0.3) is 0 Å². The van der Waals surface area contributed by atoms with Gasteiger partial charge in [-0.15, -0.1) is 11.6 Å². The normalized spacial score (nSPS) is 23.4. The number of likely N-dealkylation sites (tertiary alicyclic amines) is 1. The molecule has 1 heterocycles. The van der Waals surface area contributed by atoms with Crippen molar-refractivity contribution >= 4 is 17.5 Å². The molecule has 1 aliphatic heterocycles. The number of hydrogen-bond donors (Lipinski definition) is 1. The van der Waals surface area contributed by atoms with E-state index in [0.717, 1.165) is 25.9 Å². The number of nitrogens with one attached hydrogen (secondary N) is 1. The van der Waals surface area contributed by atoms with Crippen molar-refractivity contribution in [1.29, 1.82) is 0 Å². The fraction of sp³-hybridized carbons (Fsp3) is 0.900. The van der Waals surface area contributed by atoms with Gasteiger partial charge in [0.05, 0.1) is 0 Å². The van der Waals surface area contributed by atoms with E-state index in [4.69, 9.17) is 11.6 Å². The fourth-order valence-corrected chi connectivity index (χ4v) is 1.95. The third-order valence-corrected chi connectivity index (χ3v) is 2.79. The van der Waals surface area contributed by atoms with Crippen molar-refractivity contribution in [2.45, 2.75) is 31.7 Å². The first-order chi connectivity index (χ1) is 6.72. The molecule has 1 saturated heterocycles. The number of likely N-dealkylation sites (N-methyl/N-ethyl adjacent to an activating group) is 1. The maximum atomic E-state index is 11.4. The molecule has 0 aromatic carbocycles. The minimum atomic E-state index is 0.144. The van der Waals surface area contributed by atoms with Crippen LogP contribution >= 0.6 is 11.6 Å². The van der Waals surface area contributed by atoms with Gasteiger partial charge in [-0.05, 0) is 32.9 Å². The van der Waals surface area contributed by atoms with E-state index in [1.165, 1.54) is 6.42 Å². The summed E-state index contributed by atoms with van der Waals surface area (Å²) in [5.41, 5.74) is 0. The summed E-state index contributed by atoms with van der Waals surface area (Å²) >= 11 is 5.52. The second kappa shape index (κ2) is 6.25. The molecule has 1 rings (SSSR count). The van der Waals surface area contributed by atoms with Gasteiger partial charge in [0, 0.05) is 24.9 Å². The predicted molar refractivity (Wildman–Crippen MR) is 58.6 cm³/mol. The molecular formula is C10H19ClN2O. The lowest BCUT2D eigenvalue weighted by Gasteiger charge is -2.30. The number of alkyl halides is 1. The van der Waals surface area contributed by atoms with Crippen LogP contribution in [0.25, 0.3) is 0 Å². The van der Waals surface area contributed by atoms with E-state index in [1.54, 1.807) is 0 Å².